The van der Waals surface area contributed by atoms with Crippen molar-refractivity contribution in [2.24, 2.45) is 4.99 Å². The number of halogens is 1. The second-order valence-electron chi connectivity index (χ2n) is 6.03. The number of nitrogens with one attached hydrogen (secondary N) is 1. The SMILES string of the molecule is CC(C)OC(=O)CCN=C(Nc1ccccc1)N1CCCCC1.I. The van der Waals surface area contributed by atoms with E-state index in [1.165, 1.54) is 19.3 Å². The highest BCUT2D eigenvalue weighted by Crippen LogP contribution is 2.12. The van der Waals surface area contributed by atoms with Crippen molar-refractivity contribution < 1.29 is 9.53 Å². The lowest BCUT2D eigenvalue weighted by Crippen LogP contribution is -2.40. The van der Waals surface area contributed by atoms with E-state index < -0.39 is 0 Å². The summed E-state index contributed by atoms with van der Waals surface area (Å²) in [5, 5.41) is 3.39. The number of benzene rings is 1. The maximum atomic E-state index is 11.6. The predicted molar refractivity (Wildman–Crippen MR) is 109 cm³/mol. The number of carbonyl (C=O) groups is 1. The average Bonchev–Trinajstić information content (AvgIpc) is 2.55. The molecule has 1 aliphatic rings. The fourth-order valence-electron chi connectivity index (χ4n) is 2.55. The highest BCUT2D eigenvalue weighted by Gasteiger charge is 2.15. The molecule has 0 atom stereocenters. The number of hydrogen-bond donors (Lipinski definition) is 1. The van der Waals surface area contributed by atoms with E-state index in [1.807, 2.05) is 44.2 Å². The Hall–Kier alpha value is -1.31. The molecule has 0 radical (unpaired) electrons. The third-order valence-corrected chi connectivity index (χ3v) is 3.63. The molecule has 0 aliphatic carbocycles. The zero-order chi connectivity index (χ0) is 16.5. The number of para-hydroxylation sites is 1. The largest absolute Gasteiger partial charge is 0.463 e. The Bertz CT molecular complexity index is 514. The minimum absolute atomic E-state index is 0. The molecule has 6 heteroatoms. The van der Waals surface area contributed by atoms with Crippen LogP contribution >= 0.6 is 24.0 Å². The van der Waals surface area contributed by atoms with E-state index in [1.54, 1.807) is 0 Å². The van der Waals surface area contributed by atoms with Crippen LogP contribution in [0.5, 0.6) is 0 Å². The number of anilines is 1. The molecule has 0 amide bonds. The number of guanidine groups is 1. The van der Waals surface area contributed by atoms with Gasteiger partial charge in [0, 0.05) is 18.8 Å². The molecule has 1 saturated heterocycles. The molecule has 1 aromatic carbocycles. The fraction of sp³-hybridized carbons (Fsp3) is 0.556. The van der Waals surface area contributed by atoms with Gasteiger partial charge in [-0.1, -0.05) is 18.2 Å². The first-order valence-electron chi connectivity index (χ1n) is 8.46. The quantitative estimate of drug-likeness (QED) is 0.323. The molecule has 134 valence electrons. The summed E-state index contributed by atoms with van der Waals surface area (Å²) in [5.41, 5.74) is 1.02. The van der Waals surface area contributed by atoms with Crippen molar-refractivity contribution >= 4 is 41.6 Å². The Kier molecular flexibility index (Phi) is 9.75. The summed E-state index contributed by atoms with van der Waals surface area (Å²) in [4.78, 5) is 18.5. The van der Waals surface area contributed by atoms with Crippen molar-refractivity contribution in [3.63, 3.8) is 0 Å². The standard InChI is InChI=1S/C18H27N3O2.HI/c1-15(2)23-17(22)11-12-19-18(21-13-7-4-8-14-21)20-16-9-5-3-6-10-16;/h3,5-6,9-10,15H,4,7-8,11-14H2,1-2H3,(H,19,20);1H. The molecule has 0 saturated carbocycles. The maximum absolute atomic E-state index is 11.6. The monoisotopic (exact) mass is 445 g/mol. The van der Waals surface area contributed by atoms with E-state index in [2.05, 4.69) is 15.2 Å². The van der Waals surface area contributed by atoms with Crippen molar-refractivity contribution in [2.75, 3.05) is 25.0 Å². The fourth-order valence-corrected chi connectivity index (χ4v) is 2.55. The number of nitrogens with zero attached hydrogens (tertiary/aromatic N) is 2. The highest BCUT2D eigenvalue weighted by molar-refractivity contribution is 14.0. The molecule has 0 bridgehead atoms. The lowest BCUT2D eigenvalue weighted by atomic mass is 10.1. The van der Waals surface area contributed by atoms with Crippen LogP contribution in [0.2, 0.25) is 0 Å². The minimum atomic E-state index is -0.193. The third-order valence-electron chi connectivity index (χ3n) is 3.63. The summed E-state index contributed by atoms with van der Waals surface area (Å²) in [7, 11) is 0. The third kappa shape index (κ3) is 7.51. The van der Waals surface area contributed by atoms with Crippen LogP contribution in [-0.4, -0.2) is 42.6 Å². The molecule has 1 aliphatic heterocycles. The van der Waals surface area contributed by atoms with Crippen molar-refractivity contribution in [1.29, 1.82) is 0 Å². The number of esters is 1. The Morgan fingerprint density at radius 2 is 1.88 bits per heavy atom. The summed E-state index contributed by atoms with van der Waals surface area (Å²) in [6.45, 7) is 6.18. The number of aliphatic imine (C=N–C) groups is 1. The summed E-state index contributed by atoms with van der Waals surface area (Å²) < 4.78 is 5.15. The number of ether oxygens (including phenoxy) is 1. The van der Waals surface area contributed by atoms with Gasteiger partial charge in [0.25, 0.3) is 0 Å². The first-order valence-corrected chi connectivity index (χ1v) is 8.46. The van der Waals surface area contributed by atoms with Gasteiger partial charge < -0.3 is 15.0 Å². The van der Waals surface area contributed by atoms with Crippen LogP contribution in [0.3, 0.4) is 0 Å². The van der Waals surface area contributed by atoms with Crippen LogP contribution in [-0.2, 0) is 9.53 Å². The highest BCUT2D eigenvalue weighted by atomic mass is 127. The summed E-state index contributed by atoms with van der Waals surface area (Å²) >= 11 is 0. The minimum Gasteiger partial charge on any atom is -0.463 e. The van der Waals surface area contributed by atoms with E-state index >= 15 is 0 Å². The first kappa shape index (κ1) is 20.7. The normalized spacial score (nSPS) is 15.0. The molecule has 2 rings (SSSR count). The van der Waals surface area contributed by atoms with Crippen molar-refractivity contribution in [1.82, 2.24) is 4.90 Å². The van der Waals surface area contributed by atoms with Gasteiger partial charge in [0.1, 0.15) is 0 Å². The lowest BCUT2D eigenvalue weighted by Gasteiger charge is -2.30. The molecule has 0 unspecified atom stereocenters. The Morgan fingerprint density at radius 1 is 1.21 bits per heavy atom. The average molecular weight is 445 g/mol. The van der Waals surface area contributed by atoms with Crippen LogP contribution < -0.4 is 5.32 Å². The zero-order valence-electron chi connectivity index (χ0n) is 14.5. The number of rotatable bonds is 5. The van der Waals surface area contributed by atoms with E-state index in [-0.39, 0.29) is 36.0 Å². The Labute approximate surface area is 161 Å². The second-order valence-corrected chi connectivity index (χ2v) is 6.03. The predicted octanol–water partition coefficient (Wildman–Crippen LogP) is 3.90. The lowest BCUT2D eigenvalue weighted by molar-refractivity contribution is -0.147. The van der Waals surface area contributed by atoms with E-state index in [0.717, 1.165) is 24.7 Å². The molecule has 5 nitrogen and oxygen atoms in total. The van der Waals surface area contributed by atoms with Gasteiger partial charge in [0.05, 0.1) is 19.1 Å². The molecule has 1 fully saturated rings. The number of likely N-dealkylation sites (tertiary alicyclic amines) is 1. The van der Waals surface area contributed by atoms with Gasteiger partial charge in [-0.15, -0.1) is 24.0 Å². The van der Waals surface area contributed by atoms with Gasteiger partial charge in [-0.05, 0) is 45.2 Å². The molecule has 1 heterocycles. The molecule has 1 N–H and O–H groups in total. The Balaban J connectivity index is 0.00000288. The molecule has 0 spiro atoms. The van der Waals surface area contributed by atoms with Crippen LogP contribution in [0.1, 0.15) is 39.5 Å². The smallest absolute Gasteiger partial charge is 0.307 e. The number of hydrogen-bond acceptors (Lipinski definition) is 3. The topological polar surface area (TPSA) is 53.9 Å². The summed E-state index contributed by atoms with van der Waals surface area (Å²) in [6, 6.07) is 10.0. The molecule has 1 aromatic rings. The number of carbonyl (C=O) groups excluding carboxylic acids is 1. The van der Waals surface area contributed by atoms with Crippen LogP contribution in [0.15, 0.2) is 35.3 Å². The summed E-state index contributed by atoms with van der Waals surface area (Å²) in [5.74, 6) is 0.662. The maximum Gasteiger partial charge on any atom is 0.307 e. The molecular formula is C18H28IN3O2. The van der Waals surface area contributed by atoms with Crippen molar-refractivity contribution in [2.45, 2.75) is 45.6 Å². The molecule has 24 heavy (non-hydrogen) atoms. The van der Waals surface area contributed by atoms with Gasteiger partial charge in [0.2, 0.25) is 0 Å². The van der Waals surface area contributed by atoms with Gasteiger partial charge in [-0.2, -0.15) is 0 Å². The van der Waals surface area contributed by atoms with Gasteiger partial charge >= 0.3 is 5.97 Å². The Morgan fingerprint density at radius 3 is 2.50 bits per heavy atom. The second kappa shape index (κ2) is 11.3. The van der Waals surface area contributed by atoms with Gasteiger partial charge in [-0.3, -0.25) is 9.79 Å². The molecular weight excluding hydrogens is 417 g/mol. The summed E-state index contributed by atoms with van der Waals surface area (Å²) in [6.07, 6.45) is 3.88. The first-order chi connectivity index (χ1) is 11.1. The van der Waals surface area contributed by atoms with E-state index in [9.17, 15) is 4.79 Å². The van der Waals surface area contributed by atoms with Crippen molar-refractivity contribution in [3.8, 4) is 0 Å². The van der Waals surface area contributed by atoms with Gasteiger partial charge in [-0.25, -0.2) is 0 Å². The van der Waals surface area contributed by atoms with Crippen LogP contribution in [0.4, 0.5) is 5.69 Å². The molecule has 0 aromatic heterocycles. The zero-order valence-corrected chi connectivity index (χ0v) is 16.9. The van der Waals surface area contributed by atoms with E-state index in [0.29, 0.717) is 13.0 Å². The van der Waals surface area contributed by atoms with Crippen LogP contribution in [0.25, 0.3) is 0 Å². The van der Waals surface area contributed by atoms with Gasteiger partial charge in [0.15, 0.2) is 5.96 Å². The number of piperidine rings is 1. The van der Waals surface area contributed by atoms with E-state index in [4.69, 9.17) is 4.74 Å². The van der Waals surface area contributed by atoms with Crippen LogP contribution in [0, 0.1) is 0 Å². The van der Waals surface area contributed by atoms with Crippen molar-refractivity contribution in [3.05, 3.63) is 30.3 Å².